The fourth-order valence-electron chi connectivity index (χ4n) is 5.42. The van der Waals surface area contributed by atoms with Crippen LogP contribution in [0.5, 0.6) is 0 Å². The van der Waals surface area contributed by atoms with E-state index in [2.05, 4.69) is 38.0 Å². The second-order valence-corrected chi connectivity index (χ2v) is 10.1. The predicted molar refractivity (Wildman–Crippen MR) is 141 cm³/mol. The number of carbonyl (C=O) groups excluding carboxylic acids is 2. The summed E-state index contributed by atoms with van der Waals surface area (Å²) < 4.78 is 2.21. The van der Waals surface area contributed by atoms with Gasteiger partial charge >= 0.3 is 0 Å². The van der Waals surface area contributed by atoms with E-state index in [-0.39, 0.29) is 18.4 Å². The van der Waals surface area contributed by atoms with Gasteiger partial charge in [-0.15, -0.1) is 0 Å². The number of carbonyl (C=O) groups is 2. The van der Waals surface area contributed by atoms with Gasteiger partial charge in [0.05, 0.1) is 18.7 Å². The molecule has 1 saturated heterocycles. The van der Waals surface area contributed by atoms with Gasteiger partial charge in [0, 0.05) is 44.5 Å². The first-order chi connectivity index (χ1) is 17.5. The summed E-state index contributed by atoms with van der Waals surface area (Å²) >= 11 is 0. The topological polar surface area (TPSA) is 93.4 Å². The van der Waals surface area contributed by atoms with E-state index in [1.807, 2.05) is 37.3 Å². The summed E-state index contributed by atoms with van der Waals surface area (Å²) in [6, 6.07) is 12.6. The summed E-state index contributed by atoms with van der Waals surface area (Å²) in [6.07, 6.45) is 5.80. The van der Waals surface area contributed by atoms with Crippen LogP contribution in [0.2, 0.25) is 0 Å². The van der Waals surface area contributed by atoms with Gasteiger partial charge in [-0.05, 0) is 37.8 Å². The highest BCUT2D eigenvalue weighted by Crippen LogP contribution is 2.36. The second kappa shape index (κ2) is 12.2. The van der Waals surface area contributed by atoms with Crippen LogP contribution < -0.4 is 10.6 Å². The Morgan fingerprint density at radius 1 is 0.944 bits per heavy atom. The highest BCUT2D eigenvalue weighted by molar-refractivity contribution is 5.93. The third kappa shape index (κ3) is 6.34. The fourth-order valence-corrected chi connectivity index (χ4v) is 5.42. The molecule has 36 heavy (non-hydrogen) atoms. The molecule has 0 bridgehead atoms. The zero-order chi connectivity index (χ0) is 25.5. The molecule has 8 nitrogen and oxygen atoms in total. The van der Waals surface area contributed by atoms with Crippen LogP contribution in [0.15, 0.2) is 30.3 Å². The number of aromatic nitrogens is 1. The van der Waals surface area contributed by atoms with E-state index in [4.69, 9.17) is 0 Å². The number of amides is 2. The Morgan fingerprint density at radius 2 is 1.56 bits per heavy atom. The van der Waals surface area contributed by atoms with Gasteiger partial charge in [-0.25, -0.2) is 0 Å². The van der Waals surface area contributed by atoms with Gasteiger partial charge < -0.3 is 15.2 Å². The van der Waals surface area contributed by atoms with Crippen LogP contribution in [-0.2, 0) is 16.1 Å². The first-order valence-electron chi connectivity index (χ1n) is 13.1. The Balaban J connectivity index is 1.27. The van der Waals surface area contributed by atoms with E-state index in [9.17, 15) is 14.9 Å². The van der Waals surface area contributed by atoms with E-state index in [0.29, 0.717) is 30.5 Å². The molecule has 8 heteroatoms. The van der Waals surface area contributed by atoms with Crippen LogP contribution in [0.1, 0.15) is 60.5 Å². The van der Waals surface area contributed by atoms with Gasteiger partial charge in [-0.3, -0.25) is 19.4 Å². The van der Waals surface area contributed by atoms with Gasteiger partial charge in [0.25, 0.3) is 0 Å². The molecule has 1 aromatic carbocycles. The van der Waals surface area contributed by atoms with Crippen molar-refractivity contribution in [2.45, 2.75) is 58.5 Å². The summed E-state index contributed by atoms with van der Waals surface area (Å²) in [7, 11) is 0. The van der Waals surface area contributed by atoms with E-state index in [1.165, 1.54) is 19.3 Å². The summed E-state index contributed by atoms with van der Waals surface area (Å²) in [4.78, 5) is 29.6. The molecule has 1 aromatic heterocycles. The Labute approximate surface area is 214 Å². The maximum atomic E-state index is 13.0. The molecule has 2 heterocycles. The Bertz CT molecular complexity index is 1090. The van der Waals surface area contributed by atoms with Crippen molar-refractivity contribution < 1.29 is 9.59 Å². The van der Waals surface area contributed by atoms with Crippen molar-refractivity contribution in [1.29, 1.82) is 5.26 Å². The van der Waals surface area contributed by atoms with Crippen LogP contribution in [0.3, 0.4) is 0 Å². The molecular weight excluding hydrogens is 452 g/mol. The number of nitrogens with zero attached hydrogens (tertiary/aromatic N) is 4. The Hall–Kier alpha value is -3.15. The van der Waals surface area contributed by atoms with Crippen molar-refractivity contribution in [3.63, 3.8) is 0 Å². The molecular formula is C28H38N6O2. The van der Waals surface area contributed by atoms with E-state index in [0.717, 1.165) is 55.8 Å². The van der Waals surface area contributed by atoms with Crippen LogP contribution in [0.25, 0.3) is 0 Å². The molecule has 1 aliphatic carbocycles. The molecule has 1 aliphatic heterocycles. The van der Waals surface area contributed by atoms with Crippen molar-refractivity contribution in [2.24, 2.45) is 0 Å². The Morgan fingerprint density at radius 3 is 2.17 bits per heavy atom. The van der Waals surface area contributed by atoms with Crippen LogP contribution in [0, 0.1) is 25.2 Å². The third-order valence-corrected chi connectivity index (χ3v) is 7.60. The van der Waals surface area contributed by atoms with Crippen molar-refractivity contribution in [3.8, 4) is 6.07 Å². The minimum absolute atomic E-state index is 0.0169. The normalized spacial score (nSPS) is 17.5. The summed E-state index contributed by atoms with van der Waals surface area (Å²) in [6.45, 7) is 8.15. The smallest absolute Gasteiger partial charge is 0.239 e. The van der Waals surface area contributed by atoms with E-state index < -0.39 is 0 Å². The first-order valence-corrected chi connectivity index (χ1v) is 13.1. The SMILES string of the molecule is Cc1c(C#N)c(NC(=O)CN2CCN(CC(=O)NCc3ccccc3)CC2)n(C2CCCCC2)c1C. The van der Waals surface area contributed by atoms with Crippen molar-refractivity contribution >= 4 is 17.6 Å². The number of anilines is 1. The van der Waals surface area contributed by atoms with Crippen LogP contribution in [0.4, 0.5) is 5.82 Å². The highest BCUT2D eigenvalue weighted by atomic mass is 16.2. The molecule has 2 amide bonds. The monoisotopic (exact) mass is 490 g/mol. The number of nitriles is 1. The van der Waals surface area contributed by atoms with E-state index >= 15 is 0 Å². The van der Waals surface area contributed by atoms with E-state index in [1.54, 1.807) is 0 Å². The average Bonchev–Trinajstić information content (AvgIpc) is 3.13. The molecule has 2 fully saturated rings. The van der Waals surface area contributed by atoms with Gasteiger partial charge in [0.1, 0.15) is 11.9 Å². The zero-order valence-electron chi connectivity index (χ0n) is 21.6. The van der Waals surface area contributed by atoms with Crippen LogP contribution in [-0.4, -0.2) is 65.4 Å². The van der Waals surface area contributed by atoms with Gasteiger partial charge in [-0.2, -0.15) is 5.26 Å². The lowest BCUT2D eigenvalue weighted by Gasteiger charge is -2.34. The fraction of sp³-hybridized carbons (Fsp3) is 0.536. The molecule has 0 atom stereocenters. The Kier molecular flexibility index (Phi) is 8.79. The second-order valence-electron chi connectivity index (χ2n) is 10.1. The lowest BCUT2D eigenvalue weighted by molar-refractivity contribution is -0.123. The quantitative estimate of drug-likeness (QED) is 0.592. The van der Waals surface area contributed by atoms with Gasteiger partial charge in [-0.1, -0.05) is 49.6 Å². The minimum atomic E-state index is -0.0879. The molecule has 2 aliphatic rings. The molecule has 2 N–H and O–H groups in total. The van der Waals surface area contributed by atoms with Gasteiger partial charge in [0.2, 0.25) is 11.8 Å². The maximum Gasteiger partial charge on any atom is 0.239 e. The summed E-state index contributed by atoms with van der Waals surface area (Å²) in [5.41, 5.74) is 3.70. The molecule has 4 rings (SSSR count). The number of hydrogen-bond acceptors (Lipinski definition) is 5. The number of piperazine rings is 1. The number of benzene rings is 1. The van der Waals surface area contributed by atoms with Crippen LogP contribution >= 0.6 is 0 Å². The third-order valence-electron chi connectivity index (χ3n) is 7.60. The average molecular weight is 491 g/mol. The molecule has 1 saturated carbocycles. The highest BCUT2D eigenvalue weighted by Gasteiger charge is 2.27. The molecule has 0 radical (unpaired) electrons. The molecule has 2 aromatic rings. The zero-order valence-corrected chi connectivity index (χ0v) is 21.6. The number of hydrogen-bond donors (Lipinski definition) is 2. The largest absolute Gasteiger partial charge is 0.351 e. The van der Waals surface area contributed by atoms with Gasteiger partial charge in [0.15, 0.2) is 0 Å². The number of rotatable bonds is 8. The molecule has 192 valence electrons. The van der Waals surface area contributed by atoms with Crippen molar-refractivity contribution in [1.82, 2.24) is 19.7 Å². The van der Waals surface area contributed by atoms with Crippen molar-refractivity contribution in [2.75, 3.05) is 44.6 Å². The number of nitrogens with one attached hydrogen (secondary N) is 2. The lowest BCUT2D eigenvalue weighted by atomic mass is 9.95. The first kappa shape index (κ1) is 25.9. The molecule has 0 spiro atoms. The summed E-state index contributed by atoms with van der Waals surface area (Å²) in [5, 5.41) is 15.9. The minimum Gasteiger partial charge on any atom is -0.351 e. The summed E-state index contributed by atoms with van der Waals surface area (Å²) in [5.74, 6) is 0.594. The molecule has 0 unspecified atom stereocenters. The standard InChI is InChI=1S/C28H38N6O2/c1-21-22(2)34(24-11-7-4-8-12-24)28(25(21)17-29)31-27(36)20-33-15-13-32(14-16-33)19-26(35)30-18-23-9-5-3-6-10-23/h3,5-6,9-10,24H,4,7-8,11-16,18-20H2,1-2H3,(H,30,35)(H,31,36). The lowest BCUT2D eigenvalue weighted by Crippen LogP contribution is -2.51. The maximum absolute atomic E-state index is 13.0. The predicted octanol–water partition coefficient (Wildman–Crippen LogP) is 3.35. The van der Waals surface area contributed by atoms with Crippen molar-refractivity contribution in [3.05, 3.63) is 52.7 Å².